The fourth-order valence-corrected chi connectivity index (χ4v) is 3.02. The van der Waals surface area contributed by atoms with Gasteiger partial charge in [-0.05, 0) is 61.2 Å². The summed E-state index contributed by atoms with van der Waals surface area (Å²) in [4.78, 5) is 0. The second-order valence-corrected chi connectivity index (χ2v) is 6.31. The monoisotopic (exact) mass is 373 g/mol. The van der Waals surface area contributed by atoms with Crippen LogP contribution in [0.3, 0.4) is 0 Å². The lowest BCUT2D eigenvalue weighted by molar-refractivity contribution is -0.0601. The van der Waals surface area contributed by atoms with Gasteiger partial charge < -0.3 is 5.32 Å². The van der Waals surface area contributed by atoms with E-state index in [1.807, 2.05) is 33.0 Å². The van der Waals surface area contributed by atoms with Crippen LogP contribution in [0.5, 0.6) is 0 Å². The Hall–Kier alpha value is -2.94. The number of nitrogens with one attached hydrogen (secondary N) is 1. The van der Waals surface area contributed by atoms with Crippen molar-refractivity contribution in [1.29, 1.82) is 0 Å². The van der Waals surface area contributed by atoms with Gasteiger partial charge in [0, 0.05) is 30.9 Å². The van der Waals surface area contributed by atoms with Gasteiger partial charge in [-0.1, -0.05) is 6.58 Å². The van der Waals surface area contributed by atoms with Gasteiger partial charge in [0.15, 0.2) is 0 Å². The maximum Gasteiger partial charge on any atom is 0.430 e. The van der Waals surface area contributed by atoms with Crippen molar-refractivity contribution in [2.45, 2.75) is 33.4 Å². The molecule has 1 aromatic carbocycles. The molecule has 0 spiro atoms. The fraction of sp³-hybridized carbons (Fsp3) is 0.286. The van der Waals surface area contributed by atoms with Crippen molar-refractivity contribution in [1.82, 2.24) is 5.01 Å². The average molecular weight is 373 g/mol. The number of nitrogens with zero attached hydrogens (tertiary/aromatic N) is 2. The lowest BCUT2D eigenvalue weighted by Gasteiger charge is -2.27. The molecule has 1 aromatic rings. The molecule has 0 radical (unpaired) electrons. The number of terminal acetylenes is 1. The van der Waals surface area contributed by atoms with E-state index in [1.165, 1.54) is 6.20 Å². The highest BCUT2D eigenvalue weighted by Gasteiger charge is 2.33. The van der Waals surface area contributed by atoms with Crippen LogP contribution in [0.15, 0.2) is 47.4 Å². The molecule has 0 atom stereocenters. The van der Waals surface area contributed by atoms with Gasteiger partial charge in [0.25, 0.3) is 0 Å². The molecule has 6 heteroatoms. The van der Waals surface area contributed by atoms with Gasteiger partial charge in [-0.2, -0.15) is 18.3 Å². The van der Waals surface area contributed by atoms with Crippen LogP contribution in [0.25, 0.3) is 5.57 Å². The number of rotatable bonds is 4. The predicted molar refractivity (Wildman–Crippen MR) is 105 cm³/mol. The first kappa shape index (κ1) is 20.4. The second kappa shape index (κ2) is 7.75. The van der Waals surface area contributed by atoms with Crippen molar-refractivity contribution >= 4 is 17.0 Å². The SMILES string of the molecule is C#CCc1cc(C2=C(C)C=CN(/N=C(\C)C(F)(F)F)C2=C)cc(C)c1NC. The van der Waals surface area contributed by atoms with Crippen LogP contribution >= 0.6 is 0 Å². The van der Waals surface area contributed by atoms with Gasteiger partial charge in [0.1, 0.15) is 5.71 Å². The third kappa shape index (κ3) is 4.25. The van der Waals surface area contributed by atoms with Gasteiger partial charge in [-0.15, -0.1) is 12.3 Å². The van der Waals surface area contributed by atoms with Crippen molar-refractivity contribution < 1.29 is 13.2 Å². The Labute approximate surface area is 158 Å². The van der Waals surface area contributed by atoms with Crippen LogP contribution in [0.2, 0.25) is 0 Å². The molecule has 27 heavy (non-hydrogen) atoms. The molecule has 0 fully saturated rings. The summed E-state index contributed by atoms with van der Waals surface area (Å²) in [6.07, 6.45) is 4.63. The number of halogens is 3. The van der Waals surface area contributed by atoms with Crippen molar-refractivity contribution in [2.75, 3.05) is 12.4 Å². The molecule has 0 unspecified atom stereocenters. The average Bonchev–Trinajstić information content (AvgIpc) is 2.57. The second-order valence-electron chi connectivity index (χ2n) is 6.31. The highest BCUT2D eigenvalue weighted by Crippen LogP contribution is 2.36. The van der Waals surface area contributed by atoms with E-state index in [0.29, 0.717) is 12.1 Å². The number of hydrazone groups is 1. The quantitative estimate of drug-likeness (QED) is 0.575. The number of hydrogen-bond acceptors (Lipinski definition) is 3. The summed E-state index contributed by atoms with van der Waals surface area (Å²) in [7, 11) is 1.82. The van der Waals surface area contributed by atoms with E-state index >= 15 is 0 Å². The summed E-state index contributed by atoms with van der Waals surface area (Å²) in [6.45, 7) is 8.75. The molecule has 2 rings (SSSR count). The number of alkyl halides is 3. The first-order valence-electron chi connectivity index (χ1n) is 8.35. The molecule has 1 aliphatic rings. The molecule has 1 aliphatic heterocycles. The minimum atomic E-state index is -4.49. The van der Waals surface area contributed by atoms with E-state index in [0.717, 1.165) is 45.5 Å². The Bertz CT molecular complexity index is 896. The molecule has 142 valence electrons. The Morgan fingerprint density at radius 1 is 1.33 bits per heavy atom. The van der Waals surface area contributed by atoms with Crippen molar-refractivity contribution in [2.24, 2.45) is 5.10 Å². The van der Waals surface area contributed by atoms with E-state index in [-0.39, 0.29) is 0 Å². The lowest BCUT2D eigenvalue weighted by Crippen LogP contribution is -2.24. The Balaban J connectivity index is 2.53. The van der Waals surface area contributed by atoms with Gasteiger partial charge >= 0.3 is 6.18 Å². The maximum atomic E-state index is 12.9. The summed E-state index contributed by atoms with van der Waals surface area (Å²) in [5.41, 5.74) is 4.79. The molecule has 0 aliphatic carbocycles. The minimum absolute atomic E-state index is 0.377. The summed E-state index contributed by atoms with van der Waals surface area (Å²) in [6, 6.07) is 3.91. The van der Waals surface area contributed by atoms with Gasteiger partial charge in [-0.3, -0.25) is 0 Å². The molecule has 0 bridgehead atoms. The topological polar surface area (TPSA) is 27.6 Å². The molecule has 1 heterocycles. The van der Waals surface area contributed by atoms with E-state index < -0.39 is 11.9 Å². The molecule has 3 nitrogen and oxygen atoms in total. The first-order valence-corrected chi connectivity index (χ1v) is 8.35. The zero-order valence-corrected chi connectivity index (χ0v) is 15.8. The number of aryl methyl sites for hydroxylation is 1. The van der Waals surface area contributed by atoms with Gasteiger partial charge in [-0.25, -0.2) is 5.01 Å². The van der Waals surface area contributed by atoms with Crippen molar-refractivity contribution in [3.8, 4) is 12.3 Å². The summed E-state index contributed by atoms with van der Waals surface area (Å²) in [5.74, 6) is 2.64. The van der Waals surface area contributed by atoms with Crippen LogP contribution in [-0.4, -0.2) is 23.9 Å². The lowest BCUT2D eigenvalue weighted by atomic mass is 9.91. The van der Waals surface area contributed by atoms with E-state index in [9.17, 15) is 13.2 Å². The third-order valence-corrected chi connectivity index (χ3v) is 4.34. The zero-order chi connectivity index (χ0) is 20.4. The number of anilines is 1. The number of hydrogen-bond donors (Lipinski definition) is 1. The van der Waals surface area contributed by atoms with Crippen molar-refractivity contribution in [3.05, 3.63) is 58.9 Å². The molecule has 1 N–H and O–H groups in total. The molecule has 0 aromatic heterocycles. The molecule has 0 saturated heterocycles. The van der Waals surface area contributed by atoms with E-state index in [2.05, 4.69) is 22.9 Å². The Morgan fingerprint density at radius 2 is 2.00 bits per heavy atom. The zero-order valence-electron chi connectivity index (χ0n) is 15.8. The summed E-state index contributed by atoms with van der Waals surface area (Å²) >= 11 is 0. The first-order chi connectivity index (χ1) is 12.6. The van der Waals surface area contributed by atoms with Crippen LogP contribution in [0.1, 0.15) is 30.5 Å². The molecule has 0 amide bonds. The van der Waals surface area contributed by atoms with E-state index in [4.69, 9.17) is 6.42 Å². The standard InChI is InChI=1S/C21H22F3N3/c1-7-8-17-12-18(11-14(3)20(17)25-6)19-13(2)9-10-27(15(19)4)26-16(5)21(22,23)24/h1,9-12,25H,4,8H2,2-3,5-6H3/b26-16+. The summed E-state index contributed by atoms with van der Waals surface area (Å²) in [5, 5.41) is 7.98. The molecular formula is C21H22F3N3. The summed E-state index contributed by atoms with van der Waals surface area (Å²) < 4.78 is 38.6. The number of benzene rings is 1. The largest absolute Gasteiger partial charge is 0.430 e. The molecule has 0 saturated carbocycles. The smallest absolute Gasteiger partial charge is 0.388 e. The normalized spacial score (nSPS) is 15.3. The maximum absolute atomic E-state index is 12.9. The third-order valence-electron chi connectivity index (χ3n) is 4.34. The fourth-order valence-electron chi connectivity index (χ4n) is 3.02. The minimum Gasteiger partial charge on any atom is -0.388 e. The predicted octanol–water partition coefficient (Wildman–Crippen LogP) is 5.27. The Kier molecular flexibility index (Phi) is 5.85. The number of allylic oxidation sites excluding steroid dienone is 3. The molecular weight excluding hydrogens is 351 g/mol. The van der Waals surface area contributed by atoms with Crippen molar-refractivity contribution in [3.63, 3.8) is 0 Å². The highest BCUT2D eigenvalue weighted by atomic mass is 19.4. The van der Waals surface area contributed by atoms with Crippen LogP contribution < -0.4 is 5.32 Å². The van der Waals surface area contributed by atoms with Crippen LogP contribution in [0, 0.1) is 19.3 Å². The van der Waals surface area contributed by atoms with Crippen LogP contribution in [0.4, 0.5) is 18.9 Å². The van der Waals surface area contributed by atoms with Gasteiger partial charge in [0.2, 0.25) is 0 Å². The highest BCUT2D eigenvalue weighted by molar-refractivity contribution is 5.88. The Morgan fingerprint density at radius 3 is 2.56 bits per heavy atom. The van der Waals surface area contributed by atoms with E-state index in [1.54, 1.807) is 6.08 Å². The van der Waals surface area contributed by atoms with Gasteiger partial charge in [0.05, 0.1) is 5.70 Å². The van der Waals surface area contributed by atoms with Crippen LogP contribution in [-0.2, 0) is 6.42 Å².